The zero-order chi connectivity index (χ0) is 27.2. The first-order chi connectivity index (χ1) is 19.0. The predicted molar refractivity (Wildman–Crippen MR) is 147 cm³/mol. The standard InChI is InChI=1S/C29H31N5O4S/c1-19(36)30-16-24-5-3-4-6-26(24)21-11-13-23(14-12-21)28-37-25(18-39-29-31-32-33-34(29)2)15-27(38-28)22-9-7-20(17-35)8-10-22/h3-14,25,27-28,35H,15-18H2,1-2H3,(H,30,36)/t25-,27+,28+/m0/s1. The van der Waals surface area contributed by atoms with E-state index in [1.54, 1.807) is 16.4 Å². The summed E-state index contributed by atoms with van der Waals surface area (Å²) in [6.45, 7) is 1.99. The van der Waals surface area contributed by atoms with E-state index in [9.17, 15) is 9.90 Å². The van der Waals surface area contributed by atoms with E-state index in [4.69, 9.17) is 9.47 Å². The van der Waals surface area contributed by atoms with E-state index in [0.29, 0.717) is 18.7 Å². The maximum Gasteiger partial charge on any atom is 0.217 e. The lowest BCUT2D eigenvalue weighted by Crippen LogP contribution is -2.31. The number of amides is 1. The van der Waals surface area contributed by atoms with E-state index in [-0.39, 0.29) is 24.7 Å². The highest BCUT2D eigenvalue weighted by Gasteiger charge is 2.32. The zero-order valence-electron chi connectivity index (χ0n) is 21.9. The van der Waals surface area contributed by atoms with E-state index in [1.807, 2.05) is 61.6 Å². The molecule has 1 aromatic heterocycles. The molecule has 1 aliphatic heterocycles. The highest BCUT2D eigenvalue weighted by Crippen LogP contribution is 2.39. The first-order valence-electron chi connectivity index (χ1n) is 12.8. The largest absolute Gasteiger partial charge is 0.392 e. The third-order valence-electron chi connectivity index (χ3n) is 6.63. The van der Waals surface area contributed by atoms with Crippen molar-refractivity contribution >= 4 is 17.7 Å². The Balaban J connectivity index is 1.36. The summed E-state index contributed by atoms with van der Waals surface area (Å²) in [6, 6.07) is 24.1. The van der Waals surface area contributed by atoms with Crippen LogP contribution >= 0.6 is 11.8 Å². The number of tetrazole rings is 1. The second-order valence-electron chi connectivity index (χ2n) is 9.44. The third kappa shape index (κ3) is 6.72. The van der Waals surface area contributed by atoms with Crippen molar-refractivity contribution in [2.75, 3.05) is 5.75 Å². The Morgan fingerprint density at radius 3 is 2.49 bits per heavy atom. The number of thioether (sulfide) groups is 1. The van der Waals surface area contributed by atoms with Crippen molar-refractivity contribution in [3.8, 4) is 11.1 Å². The molecule has 0 aliphatic carbocycles. The van der Waals surface area contributed by atoms with Crippen LogP contribution in [-0.4, -0.2) is 43.1 Å². The molecule has 5 rings (SSSR count). The smallest absolute Gasteiger partial charge is 0.217 e. The number of rotatable bonds is 9. The SMILES string of the molecule is CC(=O)NCc1ccccc1-c1ccc([C@@H]2O[C@H](CSc3nnnn3C)C[C@H](c3ccc(CO)cc3)O2)cc1. The number of nitrogens with zero attached hydrogens (tertiary/aromatic N) is 4. The Morgan fingerprint density at radius 1 is 1.05 bits per heavy atom. The van der Waals surface area contributed by atoms with Crippen LogP contribution in [0, 0.1) is 0 Å². The highest BCUT2D eigenvalue weighted by molar-refractivity contribution is 7.99. The van der Waals surface area contributed by atoms with Gasteiger partial charge in [0, 0.05) is 38.3 Å². The molecule has 0 radical (unpaired) electrons. The first kappa shape index (κ1) is 27.0. The number of aliphatic hydroxyl groups excluding tert-OH is 1. The molecule has 3 atom stereocenters. The van der Waals surface area contributed by atoms with Crippen LogP contribution in [0.1, 0.15) is 48.0 Å². The summed E-state index contributed by atoms with van der Waals surface area (Å²) in [7, 11) is 1.82. The van der Waals surface area contributed by atoms with Crippen LogP contribution in [0.3, 0.4) is 0 Å². The van der Waals surface area contributed by atoms with Crippen LogP contribution in [-0.2, 0) is 34.5 Å². The summed E-state index contributed by atoms with van der Waals surface area (Å²) in [5.41, 5.74) is 5.99. The number of aryl methyl sites for hydroxylation is 1. The van der Waals surface area contributed by atoms with Crippen LogP contribution in [0.4, 0.5) is 0 Å². The van der Waals surface area contributed by atoms with Gasteiger partial charge in [-0.3, -0.25) is 4.79 Å². The molecule has 0 saturated carbocycles. The number of nitrogens with one attached hydrogen (secondary N) is 1. The van der Waals surface area contributed by atoms with Crippen LogP contribution < -0.4 is 5.32 Å². The maximum absolute atomic E-state index is 11.4. The highest BCUT2D eigenvalue weighted by atomic mass is 32.2. The van der Waals surface area contributed by atoms with Gasteiger partial charge >= 0.3 is 0 Å². The third-order valence-corrected chi connectivity index (χ3v) is 7.78. The fourth-order valence-electron chi connectivity index (χ4n) is 4.53. The molecule has 39 heavy (non-hydrogen) atoms. The summed E-state index contributed by atoms with van der Waals surface area (Å²) in [5.74, 6) is 0.615. The number of ether oxygens (including phenoxy) is 2. The van der Waals surface area contributed by atoms with E-state index in [1.165, 1.54) is 6.92 Å². The van der Waals surface area contributed by atoms with Gasteiger partial charge in [0.2, 0.25) is 11.1 Å². The first-order valence-corrected chi connectivity index (χ1v) is 13.8. The van der Waals surface area contributed by atoms with Gasteiger partial charge < -0.3 is 19.9 Å². The van der Waals surface area contributed by atoms with Gasteiger partial charge in [-0.2, -0.15) is 0 Å². The van der Waals surface area contributed by atoms with Crippen molar-refractivity contribution < 1.29 is 19.4 Å². The van der Waals surface area contributed by atoms with Gasteiger partial charge in [0.05, 0.1) is 18.8 Å². The van der Waals surface area contributed by atoms with E-state index in [0.717, 1.165) is 38.5 Å². The minimum Gasteiger partial charge on any atom is -0.392 e. The molecule has 4 aromatic rings. The number of benzene rings is 3. The van der Waals surface area contributed by atoms with Crippen LogP contribution in [0.5, 0.6) is 0 Å². The molecule has 3 aromatic carbocycles. The topological polar surface area (TPSA) is 111 Å². The summed E-state index contributed by atoms with van der Waals surface area (Å²) in [4.78, 5) is 11.4. The Kier molecular flexibility index (Phi) is 8.67. The molecule has 10 heteroatoms. The van der Waals surface area contributed by atoms with Crippen LogP contribution in [0.15, 0.2) is 78.0 Å². The molecule has 0 spiro atoms. The van der Waals surface area contributed by atoms with Crippen LogP contribution in [0.2, 0.25) is 0 Å². The average Bonchev–Trinajstić information content (AvgIpc) is 3.39. The fraction of sp³-hybridized carbons (Fsp3) is 0.310. The molecule has 1 amide bonds. The van der Waals surface area contributed by atoms with Gasteiger partial charge in [-0.05, 0) is 38.2 Å². The van der Waals surface area contributed by atoms with Crippen LogP contribution in [0.25, 0.3) is 11.1 Å². The molecule has 2 N–H and O–H groups in total. The maximum atomic E-state index is 11.4. The quantitative estimate of drug-likeness (QED) is 0.299. The lowest BCUT2D eigenvalue weighted by atomic mass is 9.98. The summed E-state index contributed by atoms with van der Waals surface area (Å²) in [6.07, 6.45) is -0.126. The van der Waals surface area contributed by atoms with Gasteiger partial charge in [-0.25, -0.2) is 4.68 Å². The van der Waals surface area contributed by atoms with Gasteiger partial charge in [-0.1, -0.05) is 84.6 Å². The number of hydrogen-bond donors (Lipinski definition) is 2. The minimum atomic E-state index is -0.548. The Morgan fingerprint density at radius 2 is 1.79 bits per heavy atom. The summed E-state index contributed by atoms with van der Waals surface area (Å²) >= 11 is 1.55. The van der Waals surface area contributed by atoms with Crippen molar-refractivity contribution in [3.63, 3.8) is 0 Å². The lowest BCUT2D eigenvalue weighted by Gasteiger charge is -2.36. The van der Waals surface area contributed by atoms with Gasteiger partial charge in [0.25, 0.3) is 0 Å². The Labute approximate surface area is 231 Å². The van der Waals surface area contributed by atoms with Crippen molar-refractivity contribution in [1.29, 1.82) is 0 Å². The number of aliphatic hydroxyl groups is 1. The number of carbonyl (C=O) groups is 1. The molecule has 202 valence electrons. The van der Waals surface area contributed by atoms with Crippen molar-refractivity contribution in [2.45, 2.75) is 50.2 Å². The second kappa shape index (κ2) is 12.5. The molecule has 1 fully saturated rings. The summed E-state index contributed by atoms with van der Waals surface area (Å²) < 4.78 is 14.6. The van der Waals surface area contributed by atoms with Gasteiger partial charge in [0.1, 0.15) is 0 Å². The minimum absolute atomic E-state index is 0.00281. The van der Waals surface area contributed by atoms with E-state index >= 15 is 0 Å². The van der Waals surface area contributed by atoms with Gasteiger partial charge in [0.15, 0.2) is 6.29 Å². The van der Waals surface area contributed by atoms with Crippen molar-refractivity contribution in [1.82, 2.24) is 25.5 Å². The predicted octanol–water partition coefficient (Wildman–Crippen LogP) is 4.34. The monoisotopic (exact) mass is 545 g/mol. The molecule has 9 nitrogen and oxygen atoms in total. The van der Waals surface area contributed by atoms with E-state index < -0.39 is 6.29 Å². The Bertz CT molecular complexity index is 1390. The molecular formula is C29H31N5O4S. The number of hydrogen-bond acceptors (Lipinski definition) is 8. The van der Waals surface area contributed by atoms with E-state index in [2.05, 4.69) is 39.0 Å². The molecule has 1 aliphatic rings. The molecule has 0 bridgehead atoms. The average molecular weight is 546 g/mol. The van der Waals surface area contributed by atoms with Gasteiger partial charge in [-0.15, -0.1) is 5.10 Å². The molecular weight excluding hydrogens is 514 g/mol. The second-order valence-corrected chi connectivity index (χ2v) is 10.4. The lowest BCUT2D eigenvalue weighted by molar-refractivity contribution is -0.245. The van der Waals surface area contributed by atoms with Crippen molar-refractivity contribution in [3.05, 3.63) is 95.1 Å². The number of aromatic nitrogens is 4. The molecule has 0 unspecified atom stereocenters. The fourth-order valence-corrected chi connectivity index (χ4v) is 5.40. The van der Waals surface area contributed by atoms with Crippen molar-refractivity contribution in [2.24, 2.45) is 7.05 Å². The molecule has 2 heterocycles. The molecule has 1 saturated heterocycles. The summed E-state index contributed by atoms with van der Waals surface area (Å²) in [5, 5.41) is 24.8. The zero-order valence-corrected chi connectivity index (χ0v) is 22.7. The number of carbonyl (C=O) groups excluding carboxylic acids is 1. The normalized spacial score (nSPS) is 19.1. The Hall–Kier alpha value is -3.57.